The molecule has 0 aliphatic carbocycles. The summed E-state index contributed by atoms with van der Waals surface area (Å²) >= 11 is 1.48. The fourth-order valence-electron chi connectivity index (χ4n) is 3.12. The maximum Gasteiger partial charge on any atom is 0.336 e. The Hall–Kier alpha value is -2.93. The van der Waals surface area contributed by atoms with Crippen molar-refractivity contribution in [3.63, 3.8) is 0 Å². The molecule has 1 aliphatic heterocycles. The number of carbonyl (C=O) groups is 2. The summed E-state index contributed by atoms with van der Waals surface area (Å²) in [7, 11) is 2.62. The third-order valence-corrected chi connectivity index (χ3v) is 5.22. The van der Waals surface area contributed by atoms with Crippen LogP contribution in [0.4, 0.5) is 4.39 Å². The van der Waals surface area contributed by atoms with E-state index >= 15 is 0 Å². The van der Waals surface area contributed by atoms with Crippen molar-refractivity contribution in [1.29, 1.82) is 0 Å². The second-order valence-corrected chi connectivity index (χ2v) is 7.04. The number of ether oxygens (including phenoxy) is 2. The van der Waals surface area contributed by atoms with E-state index in [1.54, 1.807) is 29.4 Å². The highest BCUT2D eigenvalue weighted by atomic mass is 32.1. The predicted octanol–water partition coefficient (Wildman–Crippen LogP) is 3.64. The minimum atomic E-state index is -0.548. The highest BCUT2D eigenvalue weighted by Gasteiger charge is 2.35. The van der Waals surface area contributed by atoms with E-state index in [1.807, 2.05) is 16.8 Å². The van der Waals surface area contributed by atoms with Gasteiger partial charge in [-0.05, 0) is 46.5 Å². The SMILES string of the molecule is COC(=O)C1=CN(CCc2ccc(F)cc2)C=C(C(=O)OC)C1c1ccsc1. The molecule has 2 heterocycles. The Balaban J connectivity index is 1.92. The monoisotopic (exact) mass is 401 g/mol. The van der Waals surface area contributed by atoms with Gasteiger partial charge in [-0.1, -0.05) is 12.1 Å². The van der Waals surface area contributed by atoms with E-state index in [4.69, 9.17) is 9.47 Å². The molecule has 0 bridgehead atoms. The third kappa shape index (κ3) is 4.31. The van der Waals surface area contributed by atoms with E-state index < -0.39 is 17.9 Å². The summed E-state index contributed by atoms with van der Waals surface area (Å²) in [6.45, 7) is 0.503. The van der Waals surface area contributed by atoms with Gasteiger partial charge in [0.05, 0.1) is 31.3 Å². The molecule has 28 heavy (non-hydrogen) atoms. The molecule has 3 rings (SSSR count). The molecule has 0 N–H and O–H groups in total. The number of hydrogen-bond acceptors (Lipinski definition) is 6. The molecule has 1 aliphatic rings. The number of thiophene rings is 1. The van der Waals surface area contributed by atoms with Gasteiger partial charge in [-0.25, -0.2) is 14.0 Å². The van der Waals surface area contributed by atoms with Crippen LogP contribution in [-0.4, -0.2) is 37.6 Å². The highest BCUT2D eigenvalue weighted by molar-refractivity contribution is 7.08. The van der Waals surface area contributed by atoms with Crippen LogP contribution < -0.4 is 0 Å². The summed E-state index contributed by atoms with van der Waals surface area (Å²) in [5.74, 6) is -1.84. The van der Waals surface area contributed by atoms with Crippen molar-refractivity contribution in [2.45, 2.75) is 12.3 Å². The summed E-state index contributed by atoms with van der Waals surface area (Å²) in [5, 5.41) is 3.78. The number of rotatable bonds is 6. The number of hydrogen-bond donors (Lipinski definition) is 0. The molecule has 1 aromatic heterocycles. The molecule has 0 atom stereocenters. The standard InChI is InChI=1S/C21H20FNO4S/c1-26-20(24)17-11-23(9-7-14-3-5-16(22)6-4-14)12-18(21(25)27-2)19(17)15-8-10-28-13-15/h3-6,8,10-13,19H,7,9H2,1-2H3. The molecule has 0 saturated heterocycles. The van der Waals surface area contributed by atoms with E-state index in [0.29, 0.717) is 24.1 Å². The summed E-state index contributed by atoms with van der Waals surface area (Å²) in [6.07, 6.45) is 4.01. The zero-order chi connectivity index (χ0) is 20.1. The molecule has 1 aromatic carbocycles. The first-order valence-corrected chi connectivity index (χ1v) is 9.60. The van der Waals surface area contributed by atoms with E-state index in [-0.39, 0.29) is 5.82 Å². The number of nitrogens with zero attached hydrogens (tertiary/aromatic N) is 1. The second-order valence-electron chi connectivity index (χ2n) is 6.26. The lowest BCUT2D eigenvalue weighted by Crippen LogP contribution is -2.29. The van der Waals surface area contributed by atoms with Gasteiger partial charge in [-0.15, -0.1) is 0 Å². The van der Waals surface area contributed by atoms with Crippen LogP contribution in [0.25, 0.3) is 0 Å². The number of methoxy groups -OCH3 is 2. The minimum absolute atomic E-state index is 0.291. The quantitative estimate of drug-likeness (QED) is 0.692. The molecule has 7 heteroatoms. The van der Waals surface area contributed by atoms with Crippen LogP contribution >= 0.6 is 11.3 Å². The Kier molecular flexibility index (Phi) is 6.26. The lowest BCUT2D eigenvalue weighted by atomic mass is 9.84. The molecule has 0 spiro atoms. The average Bonchev–Trinajstić information content (AvgIpc) is 3.25. The van der Waals surface area contributed by atoms with E-state index in [0.717, 1.165) is 11.1 Å². The number of esters is 2. The van der Waals surface area contributed by atoms with Crippen LogP contribution in [0, 0.1) is 5.82 Å². The molecular weight excluding hydrogens is 381 g/mol. The van der Waals surface area contributed by atoms with Crippen molar-refractivity contribution >= 4 is 23.3 Å². The third-order valence-electron chi connectivity index (χ3n) is 4.52. The first-order valence-electron chi connectivity index (χ1n) is 8.65. The van der Waals surface area contributed by atoms with Gasteiger partial charge < -0.3 is 14.4 Å². The van der Waals surface area contributed by atoms with Gasteiger partial charge in [0.1, 0.15) is 5.82 Å². The van der Waals surface area contributed by atoms with Crippen molar-refractivity contribution in [3.8, 4) is 0 Å². The zero-order valence-electron chi connectivity index (χ0n) is 15.6. The highest BCUT2D eigenvalue weighted by Crippen LogP contribution is 2.37. The van der Waals surface area contributed by atoms with Crippen LogP contribution in [0.2, 0.25) is 0 Å². The van der Waals surface area contributed by atoms with Crippen molar-refractivity contribution < 1.29 is 23.5 Å². The van der Waals surface area contributed by atoms with Crippen LogP contribution in [-0.2, 0) is 25.5 Å². The van der Waals surface area contributed by atoms with Crippen LogP contribution in [0.15, 0.2) is 64.6 Å². The Morgan fingerprint density at radius 2 is 1.64 bits per heavy atom. The Morgan fingerprint density at radius 3 is 2.14 bits per heavy atom. The van der Waals surface area contributed by atoms with Crippen molar-refractivity contribution in [1.82, 2.24) is 4.90 Å². The molecule has 0 amide bonds. The van der Waals surface area contributed by atoms with Crippen molar-refractivity contribution in [2.75, 3.05) is 20.8 Å². The smallest absolute Gasteiger partial charge is 0.336 e. The first-order chi connectivity index (χ1) is 13.5. The van der Waals surface area contributed by atoms with Crippen LogP contribution in [0.3, 0.4) is 0 Å². The number of halogens is 1. The fraction of sp³-hybridized carbons (Fsp3) is 0.238. The summed E-state index contributed by atoms with van der Waals surface area (Å²) in [5.41, 5.74) is 2.50. The second kappa shape index (κ2) is 8.84. The molecule has 0 unspecified atom stereocenters. The van der Waals surface area contributed by atoms with Gasteiger partial charge in [-0.2, -0.15) is 11.3 Å². The Morgan fingerprint density at radius 1 is 1.04 bits per heavy atom. The minimum Gasteiger partial charge on any atom is -0.466 e. The lowest BCUT2D eigenvalue weighted by Gasteiger charge is -2.29. The van der Waals surface area contributed by atoms with E-state index in [1.165, 1.54) is 37.7 Å². The first kappa shape index (κ1) is 19.8. The van der Waals surface area contributed by atoms with Gasteiger partial charge in [0.25, 0.3) is 0 Å². The van der Waals surface area contributed by atoms with Gasteiger partial charge in [0.15, 0.2) is 0 Å². The molecule has 0 saturated carbocycles. The number of benzene rings is 1. The Bertz CT molecular complexity index is 869. The van der Waals surface area contributed by atoms with Gasteiger partial charge in [0.2, 0.25) is 0 Å². The topological polar surface area (TPSA) is 55.8 Å². The van der Waals surface area contributed by atoms with Crippen molar-refractivity contribution in [2.24, 2.45) is 0 Å². The van der Waals surface area contributed by atoms with Gasteiger partial charge in [-0.3, -0.25) is 0 Å². The molecule has 5 nitrogen and oxygen atoms in total. The van der Waals surface area contributed by atoms with Crippen LogP contribution in [0.5, 0.6) is 0 Å². The summed E-state index contributed by atoms with van der Waals surface area (Å²) in [4.78, 5) is 26.7. The zero-order valence-corrected chi connectivity index (χ0v) is 16.4. The normalized spacial score (nSPS) is 14.3. The molecule has 2 aromatic rings. The summed E-state index contributed by atoms with van der Waals surface area (Å²) < 4.78 is 23.0. The summed E-state index contributed by atoms with van der Waals surface area (Å²) in [6, 6.07) is 8.11. The van der Waals surface area contributed by atoms with Crippen LogP contribution in [0.1, 0.15) is 17.0 Å². The van der Waals surface area contributed by atoms with Gasteiger partial charge in [0, 0.05) is 18.9 Å². The van der Waals surface area contributed by atoms with E-state index in [9.17, 15) is 14.0 Å². The largest absolute Gasteiger partial charge is 0.466 e. The lowest BCUT2D eigenvalue weighted by molar-refractivity contribution is -0.137. The number of carbonyl (C=O) groups excluding carboxylic acids is 2. The molecule has 146 valence electrons. The Labute approximate surface area is 166 Å². The predicted molar refractivity (Wildman–Crippen MR) is 104 cm³/mol. The molecule has 0 radical (unpaired) electrons. The average molecular weight is 401 g/mol. The van der Waals surface area contributed by atoms with Crippen molar-refractivity contribution in [3.05, 3.63) is 81.6 Å². The molecular formula is C21H20FNO4S. The fourth-order valence-corrected chi connectivity index (χ4v) is 3.81. The maximum absolute atomic E-state index is 13.1. The van der Waals surface area contributed by atoms with E-state index in [2.05, 4.69) is 0 Å². The molecule has 0 fully saturated rings. The maximum atomic E-state index is 13.1. The van der Waals surface area contributed by atoms with Gasteiger partial charge >= 0.3 is 11.9 Å².